The topological polar surface area (TPSA) is 163 Å². The summed E-state index contributed by atoms with van der Waals surface area (Å²) in [6, 6.07) is 2.32. The SMILES string of the molecule is C[C@@H]1O[C@@H](C)CC2C(=O)c3cc(O)cc(O[C@@H]4O[C@H](CO)[C@@H](O)[C@H](O)[C@H]4O)c3C(=O)C21. The quantitative estimate of drug-likeness (QED) is 0.411. The van der Waals surface area contributed by atoms with Crippen LogP contribution in [-0.2, 0) is 9.47 Å². The highest BCUT2D eigenvalue weighted by Crippen LogP contribution is 2.44. The molecule has 0 saturated carbocycles. The van der Waals surface area contributed by atoms with E-state index in [1.54, 1.807) is 6.92 Å². The number of aromatic hydroxyl groups is 1. The molecule has 10 nitrogen and oxygen atoms in total. The second-order valence-electron chi connectivity index (χ2n) is 8.43. The predicted octanol–water partition coefficient (Wildman–Crippen LogP) is -0.620. The first kappa shape index (κ1) is 22.1. The molecule has 0 radical (unpaired) electrons. The van der Waals surface area contributed by atoms with Gasteiger partial charge in [0.1, 0.15) is 35.9 Å². The first-order chi connectivity index (χ1) is 14.6. The van der Waals surface area contributed by atoms with Gasteiger partial charge in [-0.05, 0) is 26.3 Å². The lowest BCUT2D eigenvalue weighted by Crippen LogP contribution is -2.60. The molecule has 170 valence electrons. The molecule has 0 amide bonds. The van der Waals surface area contributed by atoms with Crippen LogP contribution in [0.2, 0.25) is 0 Å². The third kappa shape index (κ3) is 3.63. The number of ether oxygens (including phenoxy) is 3. The van der Waals surface area contributed by atoms with Gasteiger partial charge in [-0.15, -0.1) is 0 Å². The van der Waals surface area contributed by atoms with Gasteiger partial charge in [0.05, 0.1) is 30.3 Å². The van der Waals surface area contributed by atoms with Crippen LogP contribution in [0.25, 0.3) is 0 Å². The van der Waals surface area contributed by atoms with Crippen molar-refractivity contribution in [1.29, 1.82) is 0 Å². The molecule has 2 aliphatic heterocycles. The van der Waals surface area contributed by atoms with Gasteiger partial charge in [0.25, 0.3) is 0 Å². The lowest BCUT2D eigenvalue weighted by molar-refractivity contribution is -0.277. The molecule has 0 aromatic heterocycles. The summed E-state index contributed by atoms with van der Waals surface area (Å²) in [6.07, 6.45) is -8.09. The van der Waals surface area contributed by atoms with Crippen molar-refractivity contribution in [3.8, 4) is 11.5 Å². The molecule has 1 aliphatic carbocycles. The highest BCUT2D eigenvalue weighted by Gasteiger charge is 2.50. The predicted molar refractivity (Wildman–Crippen MR) is 103 cm³/mol. The number of carbonyl (C=O) groups excluding carboxylic acids is 2. The Labute approximate surface area is 178 Å². The lowest BCUT2D eigenvalue weighted by Gasteiger charge is -2.42. The summed E-state index contributed by atoms with van der Waals surface area (Å²) in [4.78, 5) is 26.6. The number of ketones is 2. The van der Waals surface area contributed by atoms with Gasteiger partial charge in [-0.25, -0.2) is 0 Å². The molecule has 1 aromatic carbocycles. The summed E-state index contributed by atoms with van der Waals surface area (Å²) >= 11 is 0. The Morgan fingerprint density at radius 3 is 2.42 bits per heavy atom. The van der Waals surface area contributed by atoms with Crippen LogP contribution in [0, 0.1) is 11.8 Å². The monoisotopic (exact) mass is 438 g/mol. The van der Waals surface area contributed by atoms with E-state index in [4.69, 9.17) is 14.2 Å². The molecular weight excluding hydrogens is 412 g/mol. The molecule has 2 heterocycles. The van der Waals surface area contributed by atoms with Crippen molar-refractivity contribution in [1.82, 2.24) is 0 Å². The number of Topliss-reactive ketones (excluding diaryl/α,β-unsaturated/α-hetero) is 2. The molecule has 31 heavy (non-hydrogen) atoms. The fraction of sp³-hybridized carbons (Fsp3) is 0.619. The molecule has 9 atom stereocenters. The van der Waals surface area contributed by atoms with Crippen molar-refractivity contribution >= 4 is 11.6 Å². The Bertz CT molecular complexity index is 883. The molecule has 4 rings (SSSR count). The number of rotatable bonds is 3. The Morgan fingerprint density at radius 1 is 1.03 bits per heavy atom. The first-order valence-electron chi connectivity index (χ1n) is 10.2. The summed E-state index contributed by atoms with van der Waals surface area (Å²) < 4.78 is 16.7. The smallest absolute Gasteiger partial charge is 0.229 e. The Hall–Kier alpha value is -2.08. The lowest BCUT2D eigenvalue weighted by atomic mass is 9.68. The van der Waals surface area contributed by atoms with Crippen molar-refractivity contribution in [2.75, 3.05) is 6.61 Å². The van der Waals surface area contributed by atoms with Crippen LogP contribution in [0.15, 0.2) is 12.1 Å². The van der Waals surface area contributed by atoms with E-state index in [2.05, 4.69) is 0 Å². The zero-order valence-electron chi connectivity index (χ0n) is 17.0. The van der Waals surface area contributed by atoms with Crippen molar-refractivity contribution in [2.45, 2.75) is 63.2 Å². The van der Waals surface area contributed by atoms with Crippen LogP contribution < -0.4 is 4.74 Å². The number of hydrogen-bond acceptors (Lipinski definition) is 10. The van der Waals surface area contributed by atoms with Gasteiger partial charge >= 0.3 is 0 Å². The molecule has 5 N–H and O–H groups in total. The molecular formula is C21H26O10. The third-order valence-corrected chi connectivity index (χ3v) is 6.30. The summed E-state index contributed by atoms with van der Waals surface area (Å²) in [5.41, 5.74) is -0.0573. The maximum Gasteiger partial charge on any atom is 0.229 e. The summed E-state index contributed by atoms with van der Waals surface area (Å²) in [5, 5.41) is 49.7. The fourth-order valence-corrected chi connectivity index (χ4v) is 4.80. The molecule has 2 unspecified atom stereocenters. The van der Waals surface area contributed by atoms with Crippen molar-refractivity contribution in [3.63, 3.8) is 0 Å². The minimum Gasteiger partial charge on any atom is -0.508 e. The third-order valence-electron chi connectivity index (χ3n) is 6.30. The number of carbonyl (C=O) groups is 2. The average molecular weight is 438 g/mol. The van der Waals surface area contributed by atoms with Gasteiger partial charge in [0.15, 0.2) is 11.6 Å². The van der Waals surface area contributed by atoms with Crippen LogP contribution in [0.4, 0.5) is 0 Å². The number of aliphatic hydroxyl groups is 4. The van der Waals surface area contributed by atoms with Crippen LogP contribution >= 0.6 is 0 Å². The van der Waals surface area contributed by atoms with Crippen LogP contribution in [0.1, 0.15) is 41.0 Å². The highest BCUT2D eigenvalue weighted by atomic mass is 16.7. The Morgan fingerprint density at radius 2 is 1.74 bits per heavy atom. The van der Waals surface area contributed by atoms with Gasteiger partial charge in [-0.2, -0.15) is 0 Å². The zero-order chi connectivity index (χ0) is 22.6. The van der Waals surface area contributed by atoms with E-state index in [0.29, 0.717) is 6.42 Å². The van der Waals surface area contributed by atoms with Gasteiger partial charge in [0.2, 0.25) is 6.29 Å². The van der Waals surface area contributed by atoms with Gasteiger partial charge in [0, 0.05) is 17.5 Å². The van der Waals surface area contributed by atoms with Crippen molar-refractivity contribution in [3.05, 3.63) is 23.3 Å². The van der Waals surface area contributed by atoms with E-state index >= 15 is 0 Å². The zero-order valence-corrected chi connectivity index (χ0v) is 17.0. The molecule has 1 aromatic rings. The number of hydrogen-bond donors (Lipinski definition) is 5. The normalized spacial score (nSPS) is 40.3. The molecule has 2 saturated heterocycles. The summed E-state index contributed by atoms with van der Waals surface area (Å²) in [7, 11) is 0. The van der Waals surface area contributed by atoms with E-state index in [1.165, 1.54) is 6.07 Å². The maximum absolute atomic E-state index is 13.4. The molecule has 3 aliphatic rings. The Balaban J connectivity index is 1.73. The maximum atomic E-state index is 13.4. The Kier molecular flexibility index (Phi) is 5.80. The number of benzene rings is 1. The van der Waals surface area contributed by atoms with E-state index < -0.39 is 61.0 Å². The minimum absolute atomic E-state index is 0.00661. The number of phenolic OH excluding ortho intramolecular Hbond substituents is 1. The largest absolute Gasteiger partial charge is 0.508 e. The van der Waals surface area contributed by atoms with E-state index in [9.17, 15) is 35.1 Å². The van der Waals surface area contributed by atoms with E-state index in [1.807, 2.05) is 6.92 Å². The standard InChI is InChI=1S/C21H26O10/c1-7-3-10-14(8(2)29-7)18(26)15-11(16(10)24)4-9(23)5-12(15)30-21-20(28)19(27)17(25)13(6-22)31-21/h4-5,7-8,10,13-14,17,19-23,25,27-28H,3,6H2,1-2H3/t7-,8-,10?,13+,14?,17+,19-,20+,21+/m0/s1. The molecule has 10 heteroatoms. The van der Waals surface area contributed by atoms with Crippen molar-refractivity contribution in [2.24, 2.45) is 11.8 Å². The molecule has 2 fully saturated rings. The van der Waals surface area contributed by atoms with Crippen LogP contribution in [0.5, 0.6) is 11.5 Å². The van der Waals surface area contributed by atoms with E-state index in [-0.39, 0.29) is 34.5 Å². The van der Waals surface area contributed by atoms with Gasteiger partial charge in [-0.1, -0.05) is 0 Å². The number of fused-ring (bicyclic) bond motifs is 2. The second kappa shape index (κ2) is 8.12. The molecule has 0 spiro atoms. The number of phenols is 1. The van der Waals surface area contributed by atoms with Gasteiger partial charge in [-0.3, -0.25) is 9.59 Å². The summed E-state index contributed by atoms with van der Waals surface area (Å²) in [5.74, 6) is -2.54. The summed E-state index contributed by atoms with van der Waals surface area (Å²) in [6.45, 7) is 2.90. The van der Waals surface area contributed by atoms with E-state index in [0.717, 1.165) is 6.07 Å². The van der Waals surface area contributed by atoms with Crippen molar-refractivity contribution < 1.29 is 49.3 Å². The average Bonchev–Trinajstić information content (AvgIpc) is 2.71. The fourth-order valence-electron chi connectivity index (χ4n) is 4.80. The first-order valence-corrected chi connectivity index (χ1v) is 10.2. The van der Waals surface area contributed by atoms with Crippen LogP contribution in [-0.4, -0.2) is 86.6 Å². The number of aliphatic hydroxyl groups excluding tert-OH is 4. The second-order valence-corrected chi connectivity index (χ2v) is 8.43. The van der Waals surface area contributed by atoms with Gasteiger partial charge < -0.3 is 39.7 Å². The highest BCUT2D eigenvalue weighted by molar-refractivity contribution is 6.18. The molecule has 0 bridgehead atoms. The minimum atomic E-state index is -1.71. The van der Waals surface area contributed by atoms with Crippen LogP contribution in [0.3, 0.4) is 0 Å².